The van der Waals surface area contributed by atoms with Crippen molar-refractivity contribution in [3.63, 3.8) is 0 Å². The lowest BCUT2D eigenvalue weighted by Gasteiger charge is -2.32. The Morgan fingerprint density at radius 3 is 2.32 bits per heavy atom. The minimum atomic E-state index is -0.330. The Kier molecular flexibility index (Phi) is 6.39. The van der Waals surface area contributed by atoms with E-state index in [2.05, 4.69) is 101 Å². The van der Waals surface area contributed by atoms with E-state index in [0.29, 0.717) is 0 Å². The third kappa shape index (κ3) is 4.29. The van der Waals surface area contributed by atoms with Crippen LogP contribution >= 0.6 is 22.6 Å². The zero-order valence-corrected chi connectivity index (χ0v) is 18.3. The third-order valence-electron chi connectivity index (χ3n) is 5.39. The molecule has 0 aromatic heterocycles. The fourth-order valence-corrected chi connectivity index (χ4v) is 3.54. The van der Waals surface area contributed by atoms with Gasteiger partial charge < -0.3 is 9.31 Å². The van der Waals surface area contributed by atoms with E-state index >= 15 is 0 Å². The predicted octanol–water partition coefficient (Wildman–Crippen LogP) is 5.54. The summed E-state index contributed by atoms with van der Waals surface area (Å²) < 4.78 is 14.4. The average molecular weight is 450 g/mol. The van der Waals surface area contributed by atoms with Gasteiger partial charge in [-0.3, -0.25) is 0 Å². The number of hydrogen-bond acceptors (Lipinski definition) is 2. The molecule has 4 heteroatoms. The molecule has 1 aliphatic heterocycles. The standard InChI is InChI=1S/C21H28BIO2/c1-8-19(15(2)12-13-23)16(3)17-10-9-11-18(14-17)22-24-20(4,5)21(6,7)25-22/h8-14,16H,1H2,2-7H3/b13-12-,19-15+/t16-/m0/s1. The van der Waals surface area contributed by atoms with Crippen molar-refractivity contribution in [3.8, 4) is 0 Å². The highest BCUT2D eigenvalue weighted by Gasteiger charge is 2.51. The molecule has 0 unspecified atom stereocenters. The summed E-state index contributed by atoms with van der Waals surface area (Å²) in [7, 11) is -0.330. The molecule has 1 heterocycles. The molecule has 0 N–H and O–H groups in total. The van der Waals surface area contributed by atoms with Gasteiger partial charge in [0.15, 0.2) is 0 Å². The predicted molar refractivity (Wildman–Crippen MR) is 117 cm³/mol. The van der Waals surface area contributed by atoms with Gasteiger partial charge in [-0.25, -0.2) is 0 Å². The Labute approximate surface area is 166 Å². The molecule has 134 valence electrons. The zero-order valence-electron chi connectivity index (χ0n) is 16.1. The molecule has 0 bridgehead atoms. The van der Waals surface area contributed by atoms with Crippen LogP contribution in [-0.2, 0) is 9.31 Å². The smallest absolute Gasteiger partial charge is 0.399 e. The SMILES string of the molecule is C=C/C(=C(C)\C=C/I)[C@@H](C)c1cccc(B2OC(C)(C)C(C)(C)O2)c1. The third-order valence-corrected chi connectivity index (χ3v) is 5.75. The van der Waals surface area contributed by atoms with Crippen molar-refractivity contribution in [1.82, 2.24) is 0 Å². The molecule has 0 aliphatic carbocycles. The quantitative estimate of drug-likeness (QED) is 0.333. The van der Waals surface area contributed by atoms with Crippen molar-refractivity contribution in [3.05, 3.63) is 63.8 Å². The number of hydrogen-bond donors (Lipinski definition) is 0. The summed E-state index contributed by atoms with van der Waals surface area (Å²) in [6.45, 7) is 16.7. The average Bonchev–Trinajstić information content (AvgIpc) is 2.76. The van der Waals surface area contributed by atoms with E-state index in [-0.39, 0.29) is 24.2 Å². The highest BCUT2D eigenvalue weighted by molar-refractivity contribution is 14.1. The fourth-order valence-electron chi connectivity index (χ4n) is 3.00. The molecule has 1 fully saturated rings. The van der Waals surface area contributed by atoms with Crippen LogP contribution < -0.4 is 5.46 Å². The van der Waals surface area contributed by atoms with Crippen LogP contribution in [0.3, 0.4) is 0 Å². The van der Waals surface area contributed by atoms with Crippen LogP contribution in [0, 0.1) is 0 Å². The maximum absolute atomic E-state index is 6.19. The van der Waals surface area contributed by atoms with Crippen molar-refractivity contribution in [2.75, 3.05) is 0 Å². The van der Waals surface area contributed by atoms with Crippen molar-refractivity contribution in [1.29, 1.82) is 0 Å². The van der Waals surface area contributed by atoms with E-state index in [1.807, 2.05) is 10.2 Å². The number of rotatable bonds is 5. The van der Waals surface area contributed by atoms with E-state index in [0.717, 1.165) is 5.46 Å². The summed E-state index contributed by atoms with van der Waals surface area (Å²) in [5.74, 6) is 0.257. The summed E-state index contributed by atoms with van der Waals surface area (Å²) in [4.78, 5) is 0. The normalized spacial score (nSPS) is 21.3. The lowest BCUT2D eigenvalue weighted by Crippen LogP contribution is -2.41. The first-order valence-corrected chi connectivity index (χ1v) is 9.93. The van der Waals surface area contributed by atoms with Gasteiger partial charge in [0.1, 0.15) is 0 Å². The molecule has 25 heavy (non-hydrogen) atoms. The molecule has 1 aromatic carbocycles. The lowest BCUT2D eigenvalue weighted by molar-refractivity contribution is 0.00578. The van der Waals surface area contributed by atoms with E-state index in [9.17, 15) is 0 Å². The molecular weight excluding hydrogens is 422 g/mol. The molecule has 0 amide bonds. The molecule has 1 aliphatic rings. The Morgan fingerprint density at radius 1 is 1.20 bits per heavy atom. The van der Waals surface area contributed by atoms with Gasteiger partial charge >= 0.3 is 7.12 Å². The molecule has 2 nitrogen and oxygen atoms in total. The fraction of sp³-hybridized carbons (Fsp3) is 0.429. The minimum Gasteiger partial charge on any atom is -0.399 e. The maximum Gasteiger partial charge on any atom is 0.494 e. The van der Waals surface area contributed by atoms with Crippen LogP contribution in [0.15, 0.2) is 58.2 Å². The van der Waals surface area contributed by atoms with Gasteiger partial charge in [-0.1, -0.05) is 72.5 Å². The summed E-state index contributed by atoms with van der Waals surface area (Å²) in [6.07, 6.45) is 4.07. The number of halogens is 1. The monoisotopic (exact) mass is 450 g/mol. The minimum absolute atomic E-state index is 0.257. The van der Waals surface area contributed by atoms with Crippen molar-refractivity contribution >= 4 is 35.2 Å². The highest BCUT2D eigenvalue weighted by atomic mass is 127. The van der Waals surface area contributed by atoms with Gasteiger partial charge in [0, 0.05) is 5.92 Å². The second-order valence-corrected chi connectivity index (χ2v) is 8.33. The molecule has 2 rings (SSSR count). The van der Waals surface area contributed by atoms with Gasteiger partial charge in [-0.15, -0.1) is 0 Å². The Morgan fingerprint density at radius 2 is 1.80 bits per heavy atom. The highest BCUT2D eigenvalue weighted by Crippen LogP contribution is 2.36. The van der Waals surface area contributed by atoms with Crippen LogP contribution in [0.4, 0.5) is 0 Å². The molecule has 0 spiro atoms. The summed E-state index contributed by atoms with van der Waals surface area (Å²) >= 11 is 2.25. The Bertz CT molecular complexity index is 688. The number of benzene rings is 1. The van der Waals surface area contributed by atoms with Crippen molar-refractivity contribution in [2.24, 2.45) is 0 Å². The molecular formula is C21H28BIO2. The van der Waals surface area contributed by atoms with Crippen LogP contribution in [0.2, 0.25) is 0 Å². The largest absolute Gasteiger partial charge is 0.494 e. The first-order chi connectivity index (χ1) is 11.6. The van der Waals surface area contributed by atoms with Gasteiger partial charge in [0.2, 0.25) is 0 Å². The van der Waals surface area contributed by atoms with Crippen LogP contribution in [0.1, 0.15) is 53.0 Å². The Hall–Kier alpha value is -0.845. The maximum atomic E-state index is 6.19. The van der Waals surface area contributed by atoms with E-state index < -0.39 is 0 Å². The van der Waals surface area contributed by atoms with Crippen molar-refractivity contribution in [2.45, 2.75) is 58.7 Å². The summed E-state index contributed by atoms with van der Waals surface area (Å²) in [5, 5.41) is 0. The van der Waals surface area contributed by atoms with Gasteiger partial charge in [-0.05, 0) is 60.9 Å². The second kappa shape index (κ2) is 7.81. The molecule has 1 aromatic rings. The van der Waals surface area contributed by atoms with Crippen LogP contribution in [0.25, 0.3) is 0 Å². The van der Waals surface area contributed by atoms with Crippen molar-refractivity contribution < 1.29 is 9.31 Å². The molecule has 0 radical (unpaired) electrons. The zero-order chi connectivity index (χ0) is 18.8. The van der Waals surface area contributed by atoms with E-state index in [4.69, 9.17) is 9.31 Å². The van der Waals surface area contributed by atoms with Gasteiger partial charge in [0.25, 0.3) is 0 Å². The molecule has 1 saturated heterocycles. The topological polar surface area (TPSA) is 18.5 Å². The van der Waals surface area contributed by atoms with Crippen LogP contribution in [0.5, 0.6) is 0 Å². The molecule has 0 saturated carbocycles. The summed E-state index contributed by atoms with van der Waals surface area (Å²) in [5.41, 5.74) is 4.12. The first kappa shape index (κ1) is 20.5. The van der Waals surface area contributed by atoms with Crippen LogP contribution in [-0.4, -0.2) is 18.3 Å². The first-order valence-electron chi connectivity index (χ1n) is 8.68. The second-order valence-electron chi connectivity index (χ2n) is 7.62. The Balaban J connectivity index is 2.34. The van der Waals surface area contributed by atoms with E-state index in [1.54, 1.807) is 0 Å². The lowest BCUT2D eigenvalue weighted by atomic mass is 9.76. The van der Waals surface area contributed by atoms with Gasteiger partial charge in [-0.2, -0.15) is 0 Å². The van der Waals surface area contributed by atoms with Gasteiger partial charge in [0.05, 0.1) is 11.2 Å². The summed E-state index contributed by atoms with van der Waals surface area (Å²) in [6, 6.07) is 8.50. The molecule has 1 atom stereocenters. The van der Waals surface area contributed by atoms with E-state index in [1.165, 1.54) is 16.7 Å². The number of allylic oxidation sites excluding steroid dienone is 4.